The molecule has 6 nitrogen and oxygen atoms in total. The molecule has 0 fully saturated rings. The van der Waals surface area contributed by atoms with Gasteiger partial charge in [0.25, 0.3) is 0 Å². The van der Waals surface area contributed by atoms with Crippen molar-refractivity contribution in [3.05, 3.63) is 29.8 Å². The molecule has 1 heterocycles. The third-order valence-electron chi connectivity index (χ3n) is 2.53. The van der Waals surface area contributed by atoms with Crippen molar-refractivity contribution in [1.82, 2.24) is 9.78 Å². The number of aliphatic hydroxyl groups is 1. The van der Waals surface area contributed by atoms with Crippen LogP contribution in [0.2, 0.25) is 0 Å². The predicted octanol–water partition coefficient (Wildman–Crippen LogP) is 0.538. The van der Waals surface area contributed by atoms with Gasteiger partial charge < -0.3 is 21.3 Å². The van der Waals surface area contributed by atoms with Crippen molar-refractivity contribution in [3.63, 3.8) is 0 Å². The van der Waals surface area contributed by atoms with E-state index in [1.807, 2.05) is 18.2 Å². The summed E-state index contributed by atoms with van der Waals surface area (Å²) in [7, 11) is 1.56. The molecule has 0 saturated heterocycles. The molecule has 0 spiro atoms. The Balaban J connectivity index is 2.61. The molecule has 0 unspecified atom stereocenters. The predicted molar refractivity (Wildman–Crippen MR) is 64.9 cm³/mol. The van der Waals surface area contributed by atoms with Crippen LogP contribution >= 0.6 is 0 Å². The summed E-state index contributed by atoms with van der Waals surface area (Å²) < 4.78 is 6.68. The van der Waals surface area contributed by atoms with Gasteiger partial charge in [-0.05, 0) is 12.1 Å². The van der Waals surface area contributed by atoms with Gasteiger partial charge in [0.15, 0.2) is 5.82 Å². The van der Waals surface area contributed by atoms with Gasteiger partial charge in [-0.1, -0.05) is 12.1 Å². The molecule has 0 aliphatic heterocycles. The van der Waals surface area contributed by atoms with Crippen molar-refractivity contribution in [1.29, 1.82) is 0 Å². The van der Waals surface area contributed by atoms with E-state index >= 15 is 0 Å². The van der Waals surface area contributed by atoms with Gasteiger partial charge in [-0.25, -0.2) is 4.68 Å². The molecule has 0 radical (unpaired) electrons. The summed E-state index contributed by atoms with van der Waals surface area (Å²) in [5.74, 6) is 1.16. The summed E-state index contributed by atoms with van der Waals surface area (Å²) in [6.07, 6.45) is 0. The van der Waals surface area contributed by atoms with Crippen molar-refractivity contribution in [3.8, 4) is 11.4 Å². The first-order chi connectivity index (χ1) is 8.19. The number of aromatic nitrogens is 2. The molecule has 1 aromatic carbocycles. The van der Waals surface area contributed by atoms with Crippen LogP contribution < -0.4 is 16.2 Å². The van der Waals surface area contributed by atoms with Crippen LogP contribution in [0.5, 0.6) is 5.75 Å². The van der Waals surface area contributed by atoms with Gasteiger partial charge in [-0.15, -0.1) is 5.10 Å². The number of nitrogens with zero attached hydrogens (tertiary/aromatic N) is 2. The first-order valence-corrected chi connectivity index (χ1v) is 5.06. The summed E-state index contributed by atoms with van der Waals surface area (Å²) in [4.78, 5) is 0. The van der Waals surface area contributed by atoms with Gasteiger partial charge in [-0.2, -0.15) is 0 Å². The number of rotatable bonds is 3. The smallest absolute Gasteiger partial charge is 0.153 e. The number of hydrogen-bond acceptors (Lipinski definition) is 5. The number of nitrogens with two attached hydrogens (primary N) is 2. The lowest BCUT2D eigenvalue weighted by atomic mass is 10.3. The molecule has 17 heavy (non-hydrogen) atoms. The van der Waals surface area contributed by atoms with Crippen molar-refractivity contribution in [2.75, 3.05) is 18.6 Å². The molecule has 0 bridgehead atoms. The Kier molecular flexibility index (Phi) is 2.88. The van der Waals surface area contributed by atoms with Crippen LogP contribution in [0.3, 0.4) is 0 Å². The van der Waals surface area contributed by atoms with Gasteiger partial charge in [0.05, 0.1) is 19.3 Å². The number of ether oxygens (including phenoxy) is 1. The third-order valence-corrected chi connectivity index (χ3v) is 2.53. The number of nitrogen functional groups attached to an aromatic ring is 2. The van der Waals surface area contributed by atoms with Crippen LogP contribution in [0.25, 0.3) is 5.69 Å². The van der Waals surface area contributed by atoms with Gasteiger partial charge in [-0.3, -0.25) is 0 Å². The summed E-state index contributed by atoms with van der Waals surface area (Å²) in [5.41, 5.74) is 12.7. The highest BCUT2D eigenvalue weighted by Gasteiger charge is 2.15. The molecule has 2 rings (SSSR count). The molecule has 1 aromatic heterocycles. The number of methoxy groups -OCH3 is 1. The number of para-hydroxylation sites is 2. The normalized spacial score (nSPS) is 10.5. The lowest BCUT2D eigenvalue weighted by Gasteiger charge is -2.09. The number of benzene rings is 1. The number of hydrogen-bond donors (Lipinski definition) is 3. The van der Waals surface area contributed by atoms with Crippen LogP contribution in [0, 0.1) is 0 Å². The van der Waals surface area contributed by atoms with Crippen molar-refractivity contribution in [2.45, 2.75) is 6.61 Å². The lowest BCUT2D eigenvalue weighted by molar-refractivity contribution is 0.283. The van der Waals surface area contributed by atoms with Crippen LogP contribution in [-0.2, 0) is 6.61 Å². The van der Waals surface area contributed by atoms with Gasteiger partial charge in [0.1, 0.15) is 17.3 Å². The number of aliphatic hydroxyl groups excluding tert-OH is 1. The Morgan fingerprint density at radius 3 is 2.65 bits per heavy atom. The average Bonchev–Trinajstić information content (AvgIpc) is 2.64. The molecule has 0 aliphatic carbocycles. The van der Waals surface area contributed by atoms with Gasteiger partial charge in [0, 0.05) is 0 Å². The van der Waals surface area contributed by atoms with E-state index in [-0.39, 0.29) is 12.4 Å². The van der Waals surface area contributed by atoms with E-state index in [1.165, 1.54) is 4.68 Å². The largest absolute Gasteiger partial charge is 0.494 e. The Morgan fingerprint density at radius 2 is 2.06 bits per heavy atom. The Labute approximate surface area is 98.4 Å². The minimum absolute atomic E-state index is 0.218. The molecule has 0 atom stereocenters. The molecular weight excluding hydrogens is 220 g/mol. The maximum atomic E-state index is 9.14. The fraction of sp³-hybridized carbons (Fsp3) is 0.182. The Morgan fingerprint density at radius 1 is 1.35 bits per heavy atom. The maximum absolute atomic E-state index is 9.14. The van der Waals surface area contributed by atoms with E-state index in [9.17, 15) is 0 Å². The number of anilines is 2. The zero-order valence-electron chi connectivity index (χ0n) is 9.42. The second-order valence-electron chi connectivity index (χ2n) is 3.49. The van der Waals surface area contributed by atoms with Crippen molar-refractivity contribution in [2.24, 2.45) is 0 Å². The zero-order chi connectivity index (χ0) is 12.4. The molecule has 90 valence electrons. The quantitative estimate of drug-likeness (QED) is 0.719. The summed E-state index contributed by atoms with van der Waals surface area (Å²) in [6.45, 7) is -0.243. The summed E-state index contributed by atoms with van der Waals surface area (Å²) in [5, 5.41) is 13.2. The fourth-order valence-corrected chi connectivity index (χ4v) is 1.63. The van der Waals surface area contributed by atoms with E-state index in [4.69, 9.17) is 21.3 Å². The highest BCUT2D eigenvalue weighted by atomic mass is 16.5. The van der Waals surface area contributed by atoms with Crippen LogP contribution in [0.1, 0.15) is 5.56 Å². The SMILES string of the molecule is COc1ccccc1-n1nc(N)c(CO)c1N. The standard InChI is InChI=1S/C11H14N4O2/c1-17-9-5-3-2-4-8(9)15-11(13)7(6-16)10(12)14-15/h2-5,16H,6,13H2,1H3,(H2,12,14). The lowest BCUT2D eigenvalue weighted by Crippen LogP contribution is -2.04. The third kappa shape index (κ3) is 1.78. The van der Waals surface area contributed by atoms with Crippen LogP contribution in [0.4, 0.5) is 11.6 Å². The highest BCUT2D eigenvalue weighted by Crippen LogP contribution is 2.28. The van der Waals surface area contributed by atoms with Gasteiger partial charge in [0.2, 0.25) is 0 Å². The van der Waals surface area contributed by atoms with E-state index < -0.39 is 0 Å². The summed E-state index contributed by atoms with van der Waals surface area (Å²) >= 11 is 0. The van der Waals surface area contributed by atoms with E-state index in [2.05, 4.69) is 5.10 Å². The molecule has 0 saturated carbocycles. The fourth-order valence-electron chi connectivity index (χ4n) is 1.63. The molecular formula is C11H14N4O2. The molecule has 0 aliphatic rings. The van der Waals surface area contributed by atoms with E-state index in [1.54, 1.807) is 13.2 Å². The summed E-state index contributed by atoms with van der Waals surface area (Å²) in [6, 6.07) is 7.29. The minimum atomic E-state index is -0.243. The highest BCUT2D eigenvalue weighted by molar-refractivity contribution is 5.60. The molecule has 5 N–H and O–H groups in total. The van der Waals surface area contributed by atoms with Crippen molar-refractivity contribution < 1.29 is 9.84 Å². The topological polar surface area (TPSA) is 99.3 Å². The second kappa shape index (κ2) is 4.34. The second-order valence-corrected chi connectivity index (χ2v) is 3.49. The Bertz CT molecular complexity index is 536. The zero-order valence-corrected chi connectivity index (χ0v) is 9.42. The van der Waals surface area contributed by atoms with E-state index in [0.717, 1.165) is 0 Å². The molecule has 0 amide bonds. The first kappa shape index (κ1) is 11.3. The van der Waals surface area contributed by atoms with Crippen LogP contribution in [0.15, 0.2) is 24.3 Å². The average molecular weight is 234 g/mol. The van der Waals surface area contributed by atoms with Gasteiger partial charge >= 0.3 is 0 Å². The van der Waals surface area contributed by atoms with Crippen molar-refractivity contribution >= 4 is 11.6 Å². The first-order valence-electron chi connectivity index (χ1n) is 5.06. The maximum Gasteiger partial charge on any atom is 0.153 e. The monoisotopic (exact) mass is 234 g/mol. The van der Waals surface area contributed by atoms with E-state index in [0.29, 0.717) is 22.8 Å². The Hall–Kier alpha value is -2.21. The van der Waals surface area contributed by atoms with Crippen LogP contribution in [-0.4, -0.2) is 22.0 Å². The molecule has 6 heteroatoms. The minimum Gasteiger partial charge on any atom is -0.494 e. The molecule has 2 aromatic rings.